The van der Waals surface area contributed by atoms with E-state index < -0.39 is 9.85 Å². The molecular formula is C48H46N8O4Rh2-2. The first kappa shape index (κ1) is 50.0. The van der Waals surface area contributed by atoms with Crippen LogP contribution in [0, 0.1) is 20.2 Å². The van der Waals surface area contributed by atoms with Crippen molar-refractivity contribution in [2.75, 3.05) is 0 Å². The van der Waals surface area contributed by atoms with Crippen LogP contribution in [0.2, 0.25) is 0 Å². The first-order valence-electron chi connectivity index (χ1n) is 19.6. The van der Waals surface area contributed by atoms with Crippen LogP contribution in [0.15, 0.2) is 171 Å². The molecule has 2 heterocycles. The number of rotatable bonds is 8. The van der Waals surface area contributed by atoms with Gasteiger partial charge in [-0.15, -0.1) is 0 Å². The first-order chi connectivity index (χ1) is 29.3. The van der Waals surface area contributed by atoms with Gasteiger partial charge in [-0.2, -0.15) is 0 Å². The molecule has 322 valence electrons. The molecule has 0 amide bonds. The van der Waals surface area contributed by atoms with E-state index in [0.717, 1.165) is 11.1 Å². The SMILES string of the molecule is C1=C\CC/C=C\CC/1.C1=C\CC/C=C\CC/1.C=C(c1ccccc1)c1[n-]nnc1-c1ccc([N+](=O)[O-])cc1.C=C(c1ccccc1)c1nn[n-]c1-c1ccc([N+](=O)[O-])cc1.[Rh].[Rh]. The maximum absolute atomic E-state index is 10.7. The summed E-state index contributed by atoms with van der Waals surface area (Å²) < 4.78 is 0. The van der Waals surface area contributed by atoms with E-state index in [-0.39, 0.29) is 50.3 Å². The molecule has 2 aliphatic rings. The van der Waals surface area contributed by atoms with Gasteiger partial charge in [0.15, 0.2) is 0 Å². The van der Waals surface area contributed by atoms with Crippen molar-refractivity contribution in [3.8, 4) is 22.5 Å². The minimum atomic E-state index is -0.442. The predicted molar refractivity (Wildman–Crippen MR) is 238 cm³/mol. The van der Waals surface area contributed by atoms with Crippen molar-refractivity contribution in [1.82, 2.24) is 30.8 Å². The normalized spacial score (nSPS) is 14.6. The van der Waals surface area contributed by atoms with Crippen LogP contribution >= 0.6 is 0 Å². The average Bonchev–Trinajstić information content (AvgIpc) is 3.96. The van der Waals surface area contributed by atoms with Crippen molar-refractivity contribution in [3.63, 3.8) is 0 Å². The molecule has 0 saturated carbocycles. The van der Waals surface area contributed by atoms with Crippen LogP contribution in [0.1, 0.15) is 73.9 Å². The smallest absolute Gasteiger partial charge is 0.269 e. The topological polar surface area (TPSA) is 166 Å². The third-order valence-corrected chi connectivity index (χ3v) is 9.21. The number of nitrogens with zero attached hydrogens (tertiary/aromatic N) is 8. The molecule has 0 atom stereocenters. The third kappa shape index (κ3) is 15.6. The van der Waals surface area contributed by atoms with E-state index in [1.54, 1.807) is 24.3 Å². The van der Waals surface area contributed by atoms with Crippen molar-refractivity contribution < 1.29 is 48.8 Å². The molecule has 0 bridgehead atoms. The van der Waals surface area contributed by atoms with Gasteiger partial charge in [0, 0.05) is 63.2 Å². The summed E-state index contributed by atoms with van der Waals surface area (Å²) in [5.74, 6) is 0. The molecule has 14 heteroatoms. The van der Waals surface area contributed by atoms with Crippen molar-refractivity contribution in [2.24, 2.45) is 0 Å². The molecule has 2 aliphatic carbocycles. The summed E-state index contributed by atoms with van der Waals surface area (Å²) in [5, 5.41) is 44.9. The Morgan fingerprint density at radius 1 is 0.484 bits per heavy atom. The molecule has 62 heavy (non-hydrogen) atoms. The molecule has 6 aromatic rings. The van der Waals surface area contributed by atoms with Crippen molar-refractivity contribution in [1.29, 1.82) is 0 Å². The van der Waals surface area contributed by atoms with Crippen molar-refractivity contribution >= 4 is 22.5 Å². The van der Waals surface area contributed by atoms with Gasteiger partial charge in [0.2, 0.25) is 0 Å². The maximum Gasteiger partial charge on any atom is 0.269 e. The van der Waals surface area contributed by atoms with Crippen LogP contribution in [-0.4, -0.2) is 30.5 Å². The van der Waals surface area contributed by atoms with E-state index in [9.17, 15) is 20.2 Å². The van der Waals surface area contributed by atoms with Crippen LogP contribution < -0.4 is 10.2 Å². The predicted octanol–water partition coefficient (Wildman–Crippen LogP) is 11.5. The number of nitro groups is 2. The van der Waals surface area contributed by atoms with Gasteiger partial charge < -0.3 is 20.4 Å². The molecule has 0 N–H and O–H groups in total. The molecular weight excluding hydrogens is 958 g/mol. The number of hydrogen-bond acceptors (Lipinski definition) is 8. The van der Waals surface area contributed by atoms with Crippen LogP contribution in [0.5, 0.6) is 0 Å². The van der Waals surface area contributed by atoms with Gasteiger partial charge in [0.05, 0.1) is 9.85 Å². The van der Waals surface area contributed by atoms with Gasteiger partial charge in [0.1, 0.15) is 0 Å². The summed E-state index contributed by atoms with van der Waals surface area (Å²) in [6, 6.07) is 31.4. The van der Waals surface area contributed by atoms with E-state index in [4.69, 9.17) is 0 Å². The summed E-state index contributed by atoms with van der Waals surface area (Å²) in [6.07, 6.45) is 28.0. The Morgan fingerprint density at radius 3 is 1.26 bits per heavy atom. The second-order valence-corrected chi connectivity index (χ2v) is 13.5. The van der Waals surface area contributed by atoms with E-state index >= 15 is 0 Å². The fourth-order valence-corrected chi connectivity index (χ4v) is 5.96. The molecule has 0 fully saturated rings. The molecule has 0 unspecified atom stereocenters. The summed E-state index contributed by atoms with van der Waals surface area (Å²) >= 11 is 0. The first-order valence-corrected chi connectivity index (χ1v) is 19.6. The van der Waals surface area contributed by atoms with E-state index in [2.05, 4.69) is 92.6 Å². The van der Waals surface area contributed by atoms with Gasteiger partial charge in [-0.05, 0) is 132 Å². The zero-order valence-corrected chi connectivity index (χ0v) is 37.2. The molecule has 0 aliphatic heterocycles. The Hall–Kier alpha value is -6.35. The summed E-state index contributed by atoms with van der Waals surface area (Å²) in [7, 11) is 0. The number of nitro benzene ring substituents is 2. The van der Waals surface area contributed by atoms with E-state index in [1.165, 1.54) is 75.6 Å². The van der Waals surface area contributed by atoms with Gasteiger partial charge in [-0.1, -0.05) is 122 Å². The largest absolute Gasteiger partial charge is 0.349 e. The molecule has 2 radical (unpaired) electrons. The van der Waals surface area contributed by atoms with Crippen LogP contribution in [0.3, 0.4) is 0 Å². The van der Waals surface area contributed by atoms with Crippen LogP contribution in [0.4, 0.5) is 11.4 Å². The standard InChI is InChI=1S/2C16H11N4O2.2C8H12.2Rh/c2*1-11(12-5-3-2-4-6-12)15-16(18-19-17-15)13-7-9-14(10-8-13)20(21)22;2*1-2-4-6-8-7-5-3-1;;/h2*2-10H,1H2;2*1-2,7-8H,3-6H2;;/q2*-1;;;;/b;;2*2-1-,8-7-;;. The zero-order valence-electron chi connectivity index (χ0n) is 34.0. The molecule has 4 aromatic carbocycles. The number of benzene rings is 4. The number of aromatic nitrogens is 6. The number of non-ortho nitro benzene ring substituents is 2. The maximum atomic E-state index is 10.7. The van der Waals surface area contributed by atoms with Gasteiger partial charge in [0.25, 0.3) is 11.4 Å². The van der Waals surface area contributed by atoms with E-state index in [1.807, 2.05) is 60.7 Å². The second kappa shape index (κ2) is 27.5. The van der Waals surface area contributed by atoms with Gasteiger partial charge in [-0.3, -0.25) is 30.7 Å². The molecule has 12 nitrogen and oxygen atoms in total. The van der Waals surface area contributed by atoms with Crippen molar-refractivity contribution in [2.45, 2.75) is 51.4 Å². The average molecular weight is 1000 g/mol. The Labute approximate surface area is 387 Å². The number of hydrogen-bond donors (Lipinski definition) is 0. The zero-order chi connectivity index (χ0) is 42.4. The monoisotopic (exact) mass is 1000 g/mol. The van der Waals surface area contributed by atoms with Crippen molar-refractivity contribution in [3.05, 3.63) is 214 Å². The Kier molecular flexibility index (Phi) is 22.2. The number of allylic oxidation sites excluding steroid dienone is 8. The molecule has 0 saturated heterocycles. The summed E-state index contributed by atoms with van der Waals surface area (Å²) in [5.41, 5.74) is 7.00. The van der Waals surface area contributed by atoms with Crippen LogP contribution in [0.25, 0.3) is 33.7 Å². The Morgan fingerprint density at radius 2 is 0.855 bits per heavy atom. The molecule has 8 rings (SSSR count). The molecule has 2 aromatic heterocycles. The minimum absolute atomic E-state index is 0. The van der Waals surface area contributed by atoms with Crippen LogP contribution in [-0.2, 0) is 39.0 Å². The molecule has 0 spiro atoms. The van der Waals surface area contributed by atoms with Gasteiger partial charge >= 0.3 is 0 Å². The fraction of sp³-hybridized carbons (Fsp3) is 0.167. The van der Waals surface area contributed by atoms with E-state index in [0.29, 0.717) is 45.0 Å². The Balaban J connectivity index is 0.000000239. The summed E-state index contributed by atoms with van der Waals surface area (Å²) in [4.78, 5) is 20.5. The van der Waals surface area contributed by atoms with Gasteiger partial charge in [-0.25, -0.2) is 0 Å². The fourth-order valence-electron chi connectivity index (χ4n) is 5.96. The Bertz CT molecular complexity index is 2200. The third-order valence-electron chi connectivity index (χ3n) is 9.21. The minimum Gasteiger partial charge on any atom is -0.349 e. The second-order valence-electron chi connectivity index (χ2n) is 13.5. The quantitative estimate of drug-likeness (QED) is 0.0620. The summed E-state index contributed by atoms with van der Waals surface area (Å²) in [6.45, 7) is 8.10.